The maximum atomic E-state index is 12.0. The number of rotatable bonds is 3. The van der Waals surface area contributed by atoms with Crippen LogP contribution in [0.15, 0.2) is 24.3 Å². The third-order valence-electron chi connectivity index (χ3n) is 2.23. The first-order valence-corrected chi connectivity index (χ1v) is 5.45. The molecule has 0 N–H and O–H groups in total. The monoisotopic (exact) mass is 276 g/mol. The molecule has 7 heteroatoms. The van der Waals surface area contributed by atoms with Gasteiger partial charge >= 0.3 is 6.18 Å². The Morgan fingerprint density at radius 1 is 1.11 bits per heavy atom. The molecule has 0 amide bonds. The maximum Gasteiger partial charge on any atom is 0.392 e. The predicted molar refractivity (Wildman–Crippen MR) is 60.7 cm³/mol. The van der Waals surface area contributed by atoms with Gasteiger partial charge in [0, 0.05) is 10.8 Å². The van der Waals surface area contributed by atoms with E-state index in [1.54, 1.807) is 24.3 Å². The summed E-state index contributed by atoms with van der Waals surface area (Å²) < 4.78 is 41.0. The van der Waals surface area contributed by atoms with Gasteiger partial charge in [-0.2, -0.15) is 13.2 Å². The van der Waals surface area contributed by atoms with Gasteiger partial charge in [-0.25, -0.2) is 0 Å². The summed E-state index contributed by atoms with van der Waals surface area (Å²) in [6.07, 6.45) is -5.29. The molecule has 18 heavy (non-hydrogen) atoms. The fourth-order valence-corrected chi connectivity index (χ4v) is 1.62. The summed E-state index contributed by atoms with van der Waals surface area (Å²) in [5.41, 5.74) is 0. The van der Waals surface area contributed by atoms with Gasteiger partial charge in [0.2, 0.25) is 5.88 Å². The fourth-order valence-electron chi connectivity index (χ4n) is 1.42. The van der Waals surface area contributed by atoms with E-state index in [0.29, 0.717) is 10.8 Å². The summed E-state index contributed by atoms with van der Waals surface area (Å²) in [5.74, 6) is 0.0549. The lowest BCUT2D eigenvalue weighted by atomic mass is 10.2. The number of alkyl halides is 3. The van der Waals surface area contributed by atoms with Crippen molar-refractivity contribution >= 4 is 22.4 Å². The summed E-state index contributed by atoms with van der Waals surface area (Å²) >= 11 is 5.83. The Morgan fingerprint density at radius 2 is 1.78 bits per heavy atom. The summed E-state index contributed by atoms with van der Waals surface area (Å²) in [6, 6.07) is 6.83. The molecule has 0 bridgehead atoms. The smallest absolute Gasteiger partial charge is 0.392 e. The molecule has 1 aromatic carbocycles. The van der Waals surface area contributed by atoms with Crippen molar-refractivity contribution in [1.29, 1.82) is 0 Å². The number of benzene rings is 1. The molecular weight excluding hydrogens is 269 g/mol. The zero-order valence-electron chi connectivity index (χ0n) is 9.04. The van der Waals surface area contributed by atoms with Crippen LogP contribution in [0.3, 0.4) is 0 Å². The second kappa shape index (κ2) is 4.97. The van der Waals surface area contributed by atoms with Crippen molar-refractivity contribution in [3.63, 3.8) is 0 Å². The Labute approximate surface area is 106 Å². The van der Waals surface area contributed by atoms with E-state index in [9.17, 15) is 13.2 Å². The van der Waals surface area contributed by atoms with E-state index < -0.39 is 19.2 Å². The first-order chi connectivity index (χ1) is 8.47. The van der Waals surface area contributed by atoms with Crippen molar-refractivity contribution in [3.05, 3.63) is 29.4 Å². The van der Waals surface area contributed by atoms with Crippen LogP contribution in [0.25, 0.3) is 10.8 Å². The highest BCUT2D eigenvalue weighted by atomic mass is 35.5. The molecule has 0 aliphatic heterocycles. The SMILES string of the molecule is FC(F)(F)CCOc1nnc(Cl)c2ccccc12. The number of fused-ring (bicyclic) bond motifs is 1. The van der Waals surface area contributed by atoms with E-state index in [1.807, 2.05) is 0 Å². The highest BCUT2D eigenvalue weighted by Crippen LogP contribution is 2.27. The van der Waals surface area contributed by atoms with Gasteiger partial charge in [-0.1, -0.05) is 29.8 Å². The molecule has 0 fully saturated rings. The van der Waals surface area contributed by atoms with E-state index in [4.69, 9.17) is 16.3 Å². The normalized spacial score (nSPS) is 11.8. The van der Waals surface area contributed by atoms with Gasteiger partial charge in [-0.15, -0.1) is 10.2 Å². The van der Waals surface area contributed by atoms with E-state index in [2.05, 4.69) is 10.2 Å². The molecule has 0 saturated carbocycles. The number of hydrogen-bond acceptors (Lipinski definition) is 3. The summed E-state index contributed by atoms with van der Waals surface area (Å²) in [7, 11) is 0. The third kappa shape index (κ3) is 3.01. The molecule has 0 saturated heterocycles. The number of hydrogen-bond donors (Lipinski definition) is 0. The van der Waals surface area contributed by atoms with Gasteiger partial charge in [0.1, 0.15) is 0 Å². The first kappa shape index (κ1) is 12.9. The number of aromatic nitrogens is 2. The molecule has 1 aromatic heterocycles. The Hall–Kier alpha value is -1.56. The van der Waals surface area contributed by atoms with Gasteiger partial charge in [0.15, 0.2) is 5.15 Å². The predicted octanol–water partition coefficient (Wildman–Crippen LogP) is 3.61. The van der Waals surface area contributed by atoms with E-state index in [-0.39, 0.29) is 11.0 Å². The van der Waals surface area contributed by atoms with Crippen LogP contribution in [0.2, 0.25) is 5.15 Å². The highest BCUT2D eigenvalue weighted by Gasteiger charge is 2.27. The number of nitrogens with zero attached hydrogens (tertiary/aromatic N) is 2. The molecule has 3 nitrogen and oxygen atoms in total. The zero-order chi connectivity index (χ0) is 13.2. The van der Waals surface area contributed by atoms with Crippen LogP contribution < -0.4 is 4.74 Å². The minimum Gasteiger partial charge on any atom is -0.476 e. The largest absolute Gasteiger partial charge is 0.476 e. The molecular formula is C11H8ClF3N2O. The second-order valence-corrected chi connectivity index (χ2v) is 3.91. The van der Waals surface area contributed by atoms with Crippen molar-refractivity contribution in [3.8, 4) is 5.88 Å². The molecule has 0 spiro atoms. The Kier molecular flexibility index (Phi) is 3.56. The quantitative estimate of drug-likeness (QED) is 0.859. The second-order valence-electron chi connectivity index (χ2n) is 3.56. The lowest BCUT2D eigenvalue weighted by Gasteiger charge is -2.09. The third-order valence-corrected chi connectivity index (χ3v) is 2.51. The van der Waals surface area contributed by atoms with Crippen LogP contribution in [0.1, 0.15) is 6.42 Å². The maximum absolute atomic E-state index is 12.0. The number of ether oxygens (including phenoxy) is 1. The minimum atomic E-state index is -4.25. The van der Waals surface area contributed by atoms with Crippen molar-refractivity contribution in [2.24, 2.45) is 0 Å². The first-order valence-electron chi connectivity index (χ1n) is 5.08. The Balaban J connectivity index is 2.21. The lowest BCUT2D eigenvalue weighted by Crippen LogP contribution is -2.13. The molecule has 0 radical (unpaired) electrons. The van der Waals surface area contributed by atoms with Crippen molar-refractivity contribution < 1.29 is 17.9 Å². The van der Waals surface area contributed by atoms with Gasteiger partial charge in [0.05, 0.1) is 13.0 Å². The van der Waals surface area contributed by atoms with Gasteiger partial charge < -0.3 is 4.74 Å². The van der Waals surface area contributed by atoms with E-state index in [0.717, 1.165) is 0 Å². The van der Waals surface area contributed by atoms with Crippen LogP contribution in [-0.4, -0.2) is 23.0 Å². The standard InChI is InChI=1S/C11H8ClF3N2O/c12-9-7-3-1-2-4-8(7)10(17-16-9)18-6-5-11(13,14)15/h1-4H,5-6H2. The highest BCUT2D eigenvalue weighted by molar-refractivity contribution is 6.34. The molecule has 0 aliphatic rings. The van der Waals surface area contributed by atoms with Crippen molar-refractivity contribution in [1.82, 2.24) is 10.2 Å². The van der Waals surface area contributed by atoms with Crippen molar-refractivity contribution in [2.75, 3.05) is 6.61 Å². The molecule has 2 rings (SSSR count). The summed E-state index contributed by atoms with van der Waals surface area (Å²) in [5, 5.41) is 8.61. The van der Waals surface area contributed by atoms with E-state index in [1.165, 1.54) is 0 Å². The van der Waals surface area contributed by atoms with Gasteiger partial charge in [-0.3, -0.25) is 0 Å². The van der Waals surface area contributed by atoms with Crippen molar-refractivity contribution in [2.45, 2.75) is 12.6 Å². The molecule has 2 aromatic rings. The van der Waals surface area contributed by atoms with Crippen LogP contribution in [-0.2, 0) is 0 Å². The average molecular weight is 277 g/mol. The van der Waals surface area contributed by atoms with Crippen LogP contribution in [0, 0.1) is 0 Å². The topological polar surface area (TPSA) is 35.0 Å². The summed E-state index contributed by atoms with van der Waals surface area (Å²) in [6.45, 7) is -0.496. The molecule has 0 unspecified atom stereocenters. The van der Waals surface area contributed by atoms with Gasteiger partial charge in [0.25, 0.3) is 0 Å². The lowest BCUT2D eigenvalue weighted by molar-refractivity contribution is -0.139. The van der Waals surface area contributed by atoms with Crippen LogP contribution in [0.4, 0.5) is 13.2 Å². The number of halogens is 4. The zero-order valence-corrected chi connectivity index (χ0v) is 9.79. The summed E-state index contributed by atoms with van der Waals surface area (Å²) in [4.78, 5) is 0. The minimum absolute atomic E-state index is 0.0549. The Bertz CT molecular complexity index is 559. The van der Waals surface area contributed by atoms with Crippen LogP contribution in [0.5, 0.6) is 5.88 Å². The molecule has 0 atom stereocenters. The molecule has 0 aliphatic carbocycles. The fraction of sp³-hybridized carbons (Fsp3) is 0.273. The van der Waals surface area contributed by atoms with Crippen LogP contribution >= 0.6 is 11.6 Å². The molecule has 1 heterocycles. The molecule has 96 valence electrons. The average Bonchev–Trinajstić information content (AvgIpc) is 2.31. The Morgan fingerprint density at radius 3 is 2.44 bits per heavy atom. The van der Waals surface area contributed by atoms with Gasteiger partial charge in [-0.05, 0) is 6.07 Å². The van der Waals surface area contributed by atoms with E-state index >= 15 is 0 Å².